The van der Waals surface area contributed by atoms with Crippen LogP contribution in [0.15, 0.2) is 72.0 Å². The van der Waals surface area contributed by atoms with Gasteiger partial charge in [0.25, 0.3) is 0 Å². The van der Waals surface area contributed by atoms with Crippen molar-refractivity contribution in [1.82, 2.24) is 20.1 Å². The molecule has 2 heterocycles. The number of hydrogen-bond acceptors (Lipinski definition) is 5. The lowest BCUT2D eigenvalue weighted by Gasteiger charge is -2.23. The van der Waals surface area contributed by atoms with Crippen molar-refractivity contribution in [1.29, 1.82) is 0 Å². The highest BCUT2D eigenvalue weighted by Gasteiger charge is 2.31. The predicted octanol–water partition coefficient (Wildman–Crippen LogP) is 7.40. The standard InChI is InChI=1S/C32H33F3N6O2S/c1-21-18-22(2)28(23(3)19-21)40-16-17-44-31(40)38-30(42)36-15-5-4-6-24-7-9-25(10-8-24)29-37-20-41(39-29)26-11-13-27(14-12-26)43-32(33,34)35/h7-14,18-20H,4-6,15-17H2,1-3H3,(H,36,42)/b38-31-. The fourth-order valence-corrected chi connectivity index (χ4v) is 6.16. The first-order valence-electron chi connectivity index (χ1n) is 14.3. The van der Waals surface area contributed by atoms with Gasteiger partial charge in [0.2, 0.25) is 0 Å². The van der Waals surface area contributed by atoms with Crippen molar-refractivity contribution in [3.05, 3.63) is 89.2 Å². The maximum absolute atomic E-state index is 12.6. The van der Waals surface area contributed by atoms with Gasteiger partial charge in [-0.25, -0.2) is 14.5 Å². The number of amidine groups is 1. The van der Waals surface area contributed by atoms with Crippen LogP contribution in [0.2, 0.25) is 0 Å². The zero-order valence-electron chi connectivity index (χ0n) is 24.7. The lowest BCUT2D eigenvalue weighted by atomic mass is 10.0. The van der Waals surface area contributed by atoms with Gasteiger partial charge in [-0.3, -0.25) is 0 Å². The Morgan fingerprint density at radius 1 is 1.02 bits per heavy atom. The summed E-state index contributed by atoms with van der Waals surface area (Å²) in [5.74, 6) is 1.10. The van der Waals surface area contributed by atoms with E-state index in [0.29, 0.717) is 18.1 Å². The monoisotopic (exact) mass is 622 g/mol. The molecule has 4 aromatic rings. The van der Waals surface area contributed by atoms with Crippen LogP contribution in [-0.4, -0.2) is 51.2 Å². The highest BCUT2D eigenvalue weighted by molar-refractivity contribution is 8.14. The molecule has 1 aliphatic heterocycles. The molecule has 230 valence electrons. The van der Waals surface area contributed by atoms with E-state index in [-0.39, 0.29) is 11.8 Å². The van der Waals surface area contributed by atoms with Gasteiger partial charge in [-0.15, -0.1) is 18.3 Å². The number of amides is 2. The Hall–Kier alpha value is -4.32. The van der Waals surface area contributed by atoms with Crippen LogP contribution < -0.4 is 15.0 Å². The topological polar surface area (TPSA) is 84.6 Å². The van der Waals surface area contributed by atoms with Crippen molar-refractivity contribution in [2.75, 3.05) is 23.7 Å². The minimum atomic E-state index is -4.74. The normalized spacial score (nSPS) is 14.3. The molecule has 1 aliphatic rings. The summed E-state index contributed by atoms with van der Waals surface area (Å²) in [4.78, 5) is 23.4. The third-order valence-corrected chi connectivity index (χ3v) is 8.04. The Morgan fingerprint density at radius 2 is 1.73 bits per heavy atom. The van der Waals surface area contributed by atoms with Gasteiger partial charge < -0.3 is 15.0 Å². The van der Waals surface area contributed by atoms with Crippen LogP contribution >= 0.6 is 11.8 Å². The van der Waals surface area contributed by atoms with Gasteiger partial charge in [0, 0.05) is 30.1 Å². The van der Waals surface area contributed by atoms with Crippen LogP contribution in [0.5, 0.6) is 5.75 Å². The maximum atomic E-state index is 12.6. The number of aromatic nitrogens is 3. The van der Waals surface area contributed by atoms with Gasteiger partial charge in [-0.05, 0) is 81.0 Å². The number of anilines is 1. The van der Waals surface area contributed by atoms with Crippen LogP contribution in [0.1, 0.15) is 35.1 Å². The molecule has 0 spiro atoms. The molecule has 0 saturated carbocycles. The van der Waals surface area contributed by atoms with E-state index in [1.807, 2.05) is 24.3 Å². The molecule has 0 aliphatic carbocycles. The molecule has 0 radical (unpaired) electrons. The minimum absolute atomic E-state index is 0.299. The smallest absolute Gasteiger partial charge is 0.406 e. The van der Waals surface area contributed by atoms with Crippen LogP contribution in [0.3, 0.4) is 0 Å². The summed E-state index contributed by atoms with van der Waals surface area (Å²) in [6, 6.07) is 17.3. The summed E-state index contributed by atoms with van der Waals surface area (Å²) in [6.45, 7) is 7.66. The first-order chi connectivity index (χ1) is 21.1. The fraction of sp³-hybridized carbons (Fsp3) is 0.312. The second-order valence-electron chi connectivity index (χ2n) is 10.6. The van der Waals surface area contributed by atoms with Crippen molar-refractivity contribution in [3.63, 3.8) is 0 Å². The second-order valence-corrected chi connectivity index (χ2v) is 11.6. The number of hydrogen-bond donors (Lipinski definition) is 1. The number of nitrogens with one attached hydrogen (secondary N) is 1. The molecule has 1 N–H and O–H groups in total. The van der Waals surface area contributed by atoms with Crippen LogP contribution in [0, 0.1) is 20.8 Å². The van der Waals surface area contributed by atoms with E-state index in [9.17, 15) is 18.0 Å². The quantitative estimate of drug-likeness (QED) is 0.196. The SMILES string of the molecule is Cc1cc(C)c(N2CCS/C2=N\C(=O)NCCCCc2ccc(-c3ncn(-c4ccc(OC(F)(F)F)cc4)n3)cc2)c(C)c1. The number of aliphatic imine (C=N–C) groups is 1. The molecule has 44 heavy (non-hydrogen) atoms. The Balaban J connectivity index is 1.07. The molecular weight excluding hydrogens is 589 g/mol. The summed E-state index contributed by atoms with van der Waals surface area (Å²) >= 11 is 1.60. The van der Waals surface area contributed by atoms with Crippen LogP contribution in [0.4, 0.5) is 23.7 Å². The molecule has 5 rings (SSSR count). The summed E-state index contributed by atoms with van der Waals surface area (Å²) in [5.41, 5.74) is 7.26. The first kappa shape index (κ1) is 31.1. The first-order valence-corrected chi connectivity index (χ1v) is 15.3. The largest absolute Gasteiger partial charge is 0.573 e. The van der Waals surface area contributed by atoms with Gasteiger partial charge in [0.05, 0.1) is 5.69 Å². The molecule has 0 unspecified atom stereocenters. The van der Waals surface area contributed by atoms with E-state index in [2.05, 4.69) is 62.9 Å². The van der Waals surface area contributed by atoms with Gasteiger partial charge >= 0.3 is 12.4 Å². The summed E-state index contributed by atoms with van der Waals surface area (Å²) in [7, 11) is 0. The van der Waals surface area contributed by atoms with Crippen molar-refractivity contribution in [2.45, 2.75) is 46.4 Å². The predicted molar refractivity (Wildman–Crippen MR) is 168 cm³/mol. The molecule has 0 atom stereocenters. The number of rotatable bonds is 9. The molecular formula is C32H33F3N6O2S. The lowest BCUT2D eigenvalue weighted by molar-refractivity contribution is -0.274. The number of carbonyl (C=O) groups is 1. The number of aryl methyl sites for hydroxylation is 4. The van der Waals surface area contributed by atoms with Gasteiger partial charge in [-0.2, -0.15) is 4.99 Å². The molecule has 1 saturated heterocycles. The Morgan fingerprint density at radius 3 is 2.41 bits per heavy atom. The highest BCUT2D eigenvalue weighted by atomic mass is 32.2. The number of benzene rings is 3. The number of halogens is 3. The van der Waals surface area contributed by atoms with E-state index in [0.717, 1.165) is 53.5 Å². The Bertz CT molecular complexity index is 1610. The molecule has 1 fully saturated rings. The van der Waals surface area contributed by atoms with Crippen molar-refractivity contribution in [3.8, 4) is 22.8 Å². The molecule has 8 nitrogen and oxygen atoms in total. The third-order valence-electron chi connectivity index (χ3n) is 7.09. The number of nitrogens with zero attached hydrogens (tertiary/aromatic N) is 5. The Labute approximate surface area is 258 Å². The van der Waals surface area contributed by atoms with Crippen LogP contribution in [-0.2, 0) is 6.42 Å². The minimum Gasteiger partial charge on any atom is -0.406 e. The number of carbonyl (C=O) groups excluding carboxylic acids is 1. The van der Waals surface area contributed by atoms with Gasteiger partial charge in [0.15, 0.2) is 11.0 Å². The zero-order valence-corrected chi connectivity index (χ0v) is 25.5. The fourth-order valence-electron chi connectivity index (χ4n) is 5.22. The summed E-state index contributed by atoms with van der Waals surface area (Å²) < 4.78 is 42.6. The van der Waals surface area contributed by atoms with Crippen molar-refractivity contribution in [2.24, 2.45) is 4.99 Å². The summed E-state index contributed by atoms with van der Waals surface area (Å²) in [5, 5.41) is 8.11. The van der Waals surface area contributed by atoms with E-state index < -0.39 is 6.36 Å². The average Bonchev–Trinajstić information content (AvgIpc) is 3.63. The van der Waals surface area contributed by atoms with Gasteiger partial charge in [0.1, 0.15) is 12.1 Å². The number of ether oxygens (including phenoxy) is 1. The Kier molecular flexibility index (Phi) is 9.58. The molecule has 3 aromatic carbocycles. The van der Waals surface area contributed by atoms with E-state index in [4.69, 9.17) is 0 Å². The third kappa shape index (κ3) is 7.98. The number of unbranched alkanes of at least 4 members (excludes halogenated alkanes) is 1. The van der Waals surface area contributed by atoms with Gasteiger partial charge in [-0.1, -0.05) is 53.7 Å². The second kappa shape index (κ2) is 13.5. The molecule has 2 amide bonds. The highest BCUT2D eigenvalue weighted by Crippen LogP contribution is 2.32. The van der Waals surface area contributed by atoms with Crippen molar-refractivity contribution < 1.29 is 22.7 Å². The number of thioether (sulfide) groups is 1. The average molecular weight is 623 g/mol. The molecule has 1 aromatic heterocycles. The maximum Gasteiger partial charge on any atom is 0.573 e. The summed E-state index contributed by atoms with van der Waals surface area (Å²) in [6.07, 6.45) is -0.647. The number of alkyl halides is 3. The van der Waals surface area contributed by atoms with Crippen LogP contribution in [0.25, 0.3) is 17.1 Å². The molecule has 12 heteroatoms. The van der Waals surface area contributed by atoms with E-state index in [1.165, 1.54) is 52.0 Å². The van der Waals surface area contributed by atoms with E-state index in [1.54, 1.807) is 11.8 Å². The van der Waals surface area contributed by atoms with Crippen molar-refractivity contribution >= 4 is 28.6 Å². The lowest BCUT2D eigenvalue weighted by Crippen LogP contribution is -2.29. The zero-order chi connectivity index (χ0) is 31.3. The number of urea groups is 1. The van der Waals surface area contributed by atoms with E-state index >= 15 is 0 Å². The molecule has 0 bridgehead atoms.